The molecule has 2 unspecified atom stereocenters. The number of pyridine rings is 1. The molecule has 8 heteroatoms. The summed E-state index contributed by atoms with van der Waals surface area (Å²) in [6, 6.07) is 9.31. The van der Waals surface area contributed by atoms with Gasteiger partial charge in [0.15, 0.2) is 11.4 Å². The van der Waals surface area contributed by atoms with Crippen LogP contribution in [0.3, 0.4) is 0 Å². The van der Waals surface area contributed by atoms with Crippen molar-refractivity contribution in [2.45, 2.75) is 45.7 Å². The molecular weight excluding hydrogens is 388 g/mol. The Morgan fingerprint density at radius 3 is 2.23 bits per heavy atom. The smallest absolute Gasteiger partial charge is 0.326 e. The number of methoxy groups -OCH3 is 1. The Morgan fingerprint density at radius 2 is 1.70 bits per heavy atom. The summed E-state index contributed by atoms with van der Waals surface area (Å²) in [6.45, 7) is 6.32. The van der Waals surface area contributed by atoms with E-state index in [9.17, 15) is 19.5 Å². The predicted octanol–water partition coefficient (Wildman–Crippen LogP) is 3.12. The Kier molecular flexibility index (Phi) is 7.52. The van der Waals surface area contributed by atoms with Crippen LogP contribution in [0.15, 0.2) is 42.6 Å². The number of carbonyl (C=O) groups is 3. The van der Waals surface area contributed by atoms with Crippen LogP contribution in [0.5, 0.6) is 11.5 Å². The molecule has 1 aromatic carbocycles. The van der Waals surface area contributed by atoms with Crippen LogP contribution < -0.4 is 9.47 Å². The Labute approximate surface area is 175 Å². The van der Waals surface area contributed by atoms with Crippen LogP contribution in [-0.2, 0) is 9.59 Å². The zero-order chi connectivity index (χ0) is 22.4. The molecule has 1 N–H and O–H groups in total. The Bertz CT molecular complexity index is 915. The number of hydrogen-bond donors (Lipinski definition) is 1. The molecule has 0 aliphatic carbocycles. The fourth-order valence-corrected chi connectivity index (χ4v) is 3.22. The van der Waals surface area contributed by atoms with Crippen molar-refractivity contribution < 1.29 is 29.0 Å². The van der Waals surface area contributed by atoms with E-state index in [1.54, 1.807) is 6.92 Å². The molecule has 0 aliphatic rings. The van der Waals surface area contributed by atoms with Crippen molar-refractivity contribution in [3.8, 4) is 11.5 Å². The van der Waals surface area contributed by atoms with Crippen molar-refractivity contribution >= 4 is 17.8 Å². The number of esters is 1. The first-order valence-corrected chi connectivity index (χ1v) is 9.50. The van der Waals surface area contributed by atoms with Crippen molar-refractivity contribution in [1.82, 2.24) is 9.88 Å². The SMILES string of the molecule is COc1ccnc(C(=O)N(C(C)C(C)c2ccccc2)[C@@H](C)C(=O)O)c1OC(C)=O. The van der Waals surface area contributed by atoms with Crippen LogP contribution >= 0.6 is 0 Å². The van der Waals surface area contributed by atoms with E-state index in [1.807, 2.05) is 37.3 Å². The van der Waals surface area contributed by atoms with Gasteiger partial charge < -0.3 is 19.5 Å². The number of aromatic nitrogens is 1. The number of carboxylic acid groups (broad SMARTS) is 1. The fraction of sp³-hybridized carbons (Fsp3) is 0.364. The van der Waals surface area contributed by atoms with Gasteiger partial charge in [0, 0.05) is 31.1 Å². The molecular formula is C22H26N2O6. The van der Waals surface area contributed by atoms with Gasteiger partial charge in [0.25, 0.3) is 5.91 Å². The minimum atomic E-state index is -1.16. The van der Waals surface area contributed by atoms with Crippen LogP contribution in [0.1, 0.15) is 49.7 Å². The molecule has 8 nitrogen and oxygen atoms in total. The summed E-state index contributed by atoms with van der Waals surface area (Å²) in [5.41, 5.74) is 0.768. The molecule has 0 fully saturated rings. The molecule has 3 atom stereocenters. The number of hydrogen-bond acceptors (Lipinski definition) is 6. The minimum Gasteiger partial charge on any atom is -0.493 e. The molecule has 0 spiro atoms. The first-order valence-electron chi connectivity index (χ1n) is 9.50. The van der Waals surface area contributed by atoms with Crippen LogP contribution in [0.4, 0.5) is 0 Å². The predicted molar refractivity (Wildman–Crippen MR) is 110 cm³/mol. The summed E-state index contributed by atoms with van der Waals surface area (Å²) in [5.74, 6) is -2.64. The van der Waals surface area contributed by atoms with E-state index in [1.165, 1.54) is 38.1 Å². The third-order valence-corrected chi connectivity index (χ3v) is 5.03. The molecule has 0 aliphatic heterocycles. The average Bonchev–Trinajstić information content (AvgIpc) is 2.73. The second-order valence-corrected chi connectivity index (χ2v) is 6.95. The second-order valence-electron chi connectivity index (χ2n) is 6.95. The maximum atomic E-state index is 13.5. The number of ether oxygens (including phenoxy) is 2. The van der Waals surface area contributed by atoms with E-state index in [0.29, 0.717) is 0 Å². The monoisotopic (exact) mass is 414 g/mol. The molecule has 2 aromatic rings. The van der Waals surface area contributed by atoms with Gasteiger partial charge in [-0.1, -0.05) is 37.3 Å². The molecule has 0 saturated heterocycles. The van der Waals surface area contributed by atoms with E-state index < -0.39 is 29.9 Å². The highest BCUT2D eigenvalue weighted by molar-refractivity contribution is 5.98. The van der Waals surface area contributed by atoms with Gasteiger partial charge in [0.1, 0.15) is 6.04 Å². The number of carbonyl (C=O) groups excluding carboxylic acids is 2. The summed E-state index contributed by atoms with van der Waals surface area (Å²) in [4.78, 5) is 42.2. The van der Waals surface area contributed by atoms with Crippen molar-refractivity contribution in [3.05, 3.63) is 53.9 Å². The van der Waals surface area contributed by atoms with Crippen molar-refractivity contribution in [1.29, 1.82) is 0 Å². The third-order valence-electron chi connectivity index (χ3n) is 5.03. The number of aliphatic carboxylic acids is 1. The lowest BCUT2D eigenvalue weighted by Crippen LogP contribution is -2.50. The first kappa shape index (κ1) is 22.9. The van der Waals surface area contributed by atoms with Gasteiger partial charge in [0.05, 0.1) is 7.11 Å². The zero-order valence-corrected chi connectivity index (χ0v) is 17.7. The van der Waals surface area contributed by atoms with Crippen LogP contribution in [-0.4, -0.2) is 52.0 Å². The van der Waals surface area contributed by atoms with E-state index in [0.717, 1.165) is 5.56 Å². The standard InChI is InChI=1S/C22H26N2O6/c1-13(17-9-7-6-8-10-17)14(2)24(15(3)22(27)28)21(26)19-20(30-16(4)25)18(29-5)11-12-23-19/h6-15H,1-5H3,(H,27,28)/t13?,14?,15-/m0/s1. The van der Waals surface area contributed by atoms with Crippen molar-refractivity contribution in [2.24, 2.45) is 0 Å². The fourth-order valence-electron chi connectivity index (χ4n) is 3.22. The number of rotatable bonds is 8. The Morgan fingerprint density at radius 1 is 1.07 bits per heavy atom. The van der Waals surface area contributed by atoms with Gasteiger partial charge in [-0.2, -0.15) is 0 Å². The molecule has 0 radical (unpaired) electrons. The molecule has 0 saturated carbocycles. The number of carboxylic acids is 1. The quantitative estimate of drug-likeness (QED) is 0.662. The Hall–Kier alpha value is -3.42. The maximum absolute atomic E-state index is 13.5. The number of amides is 1. The van der Waals surface area contributed by atoms with Gasteiger partial charge >= 0.3 is 11.9 Å². The van der Waals surface area contributed by atoms with E-state index in [-0.39, 0.29) is 23.1 Å². The van der Waals surface area contributed by atoms with Gasteiger partial charge in [-0.3, -0.25) is 9.59 Å². The molecule has 1 heterocycles. The van der Waals surface area contributed by atoms with Crippen molar-refractivity contribution in [2.75, 3.05) is 7.11 Å². The maximum Gasteiger partial charge on any atom is 0.326 e. The third kappa shape index (κ3) is 4.94. The largest absolute Gasteiger partial charge is 0.493 e. The van der Waals surface area contributed by atoms with Gasteiger partial charge in [-0.25, -0.2) is 9.78 Å². The van der Waals surface area contributed by atoms with Crippen LogP contribution in [0.25, 0.3) is 0 Å². The highest BCUT2D eigenvalue weighted by Crippen LogP contribution is 2.33. The molecule has 2 rings (SSSR count). The average molecular weight is 414 g/mol. The lowest BCUT2D eigenvalue weighted by molar-refractivity contribution is -0.142. The lowest BCUT2D eigenvalue weighted by atomic mass is 9.92. The number of benzene rings is 1. The zero-order valence-electron chi connectivity index (χ0n) is 17.7. The molecule has 1 aromatic heterocycles. The minimum absolute atomic E-state index is 0.139. The number of nitrogens with zero attached hydrogens (tertiary/aromatic N) is 2. The summed E-state index contributed by atoms with van der Waals surface area (Å²) < 4.78 is 10.4. The van der Waals surface area contributed by atoms with Gasteiger partial charge in [-0.15, -0.1) is 0 Å². The summed E-state index contributed by atoms with van der Waals surface area (Å²) >= 11 is 0. The van der Waals surface area contributed by atoms with Crippen LogP contribution in [0.2, 0.25) is 0 Å². The second kappa shape index (κ2) is 9.87. The van der Waals surface area contributed by atoms with Gasteiger partial charge in [-0.05, 0) is 19.4 Å². The molecule has 0 bridgehead atoms. The lowest BCUT2D eigenvalue weighted by Gasteiger charge is -2.36. The van der Waals surface area contributed by atoms with Crippen molar-refractivity contribution in [3.63, 3.8) is 0 Å². The summed E-state index contributed by atoms with van der Waals surface area (Å²) in [5, 5.41) is 9.64. The highest BCUT2D eigenvalue weighted by atomic mass is 16.6. The van der Waals surface area contributed by atoms with Gasteiger partial charge in [0.2, 0.25) is 5.75 Å². The molecule has 1 amide bonds. The van der Waals surface area contributed by atoms with E-state index in [2.05, 4.69) is 4.98 Å². The molecule has 160 valence electrons. The summed E-state index contributed by atoms with van der Waals surface area (Å²) in [7, 11) is 1.37. The van der Waals surface area contributed by atoms with Crippen LogP contribution in [0, 0.1) is 0 Å². The first-order chi connectivity index (χ1) is 14.2. The Balaban J connectivity index is 2.54. The van der Waals surface area contributed by atoms with E-state index >= 15 is 0 Å². The summed E-state index contributed by atoms with van der Waals surface area (Å²) in [6.07, 6.45) is 1.34. The normalized spacial score (nSPS) is 13.6. The highest BCUT2D eigenvalue weighted by Gasteiger charge is 2.36. The topological polar surface area (TPSA) is 106 Å². The van der Waals surface area contributed by atoms with E-state index in [4.69, 9.17) is 9.47 Å². The molecule has 30 heavy (non-hydrogen) atoms.